The van der Waals surface area contributed by atoms with E-state index in [1.807, 2.05) is 7.11 Å². The molecule has 0 aromatic carbocycles. The van der Waals surface area contributed by atoms with Crippen LogP contribution in [0.4, 0.5) is 0 Å². The first-order valence-electron chi connectivity index (χ1n) is 8.19. The highest BCUT2D eigenvalue weighted by molar-refractivity contribution is 4.95. The molecule has 114 valence electrons. The SMILES string of the molecule is CCCCCCCC(NN)C1(OC)CCC(C)CC1. The molecule has 3 heteroatoms. The summed E-state index contributed by atoms with van der Waals surface area (Å²) in [5.41, 5.74) is 3.02. The van der Waals surface area contributed by atoms with E-state index >= 15 is 0 Å². The van der Waals surface area contributed by atoms with Crippen molar-refractivity contribution in [3.8, 4) is 0 Å². The molecule has 0 bridgehead atoms. The zero-order valence-corrected chi connectivity index (χ0v) is 13.2. The maximum Gasteiger partial charge on any atom is 0.0844 e. The predicted octanol–water partition coefficient (Wildman–Crippen LogP) is 3.77. The van der Waals surface area contributed by atoms with Crippen LogP contribution in [-0.4, -0.2) is 18.8 Å². The molecule has 1 aliphatic rings. The van der Waals surface area contributed by atoms with Crippen molar-refractivity contribution >= 4 is 0 Å². The van der Waals surface area contributed by atoms with E-state index in [9.17, 15) is 0 Å². The van der Waals surface area contributed by atoms with Gasteiger partial charge in [0, 0.05) is 7.11 Å². The van der Waals surface area contributed by atoms with Crippen molar-refractivity contribution in [2.24, 2.45) is 11.8 Å². The Morgan fingerprint density at radius 1 is 1.21 bits per heavy atom. The van der Waals surface area contributed by atoms with Gasteiger partial charge in [0.15, 0.2) is 0 Å². The summed E-state index contributed by atoms with van der Waals surface area (Å²) in [7, 11) is 1.86. The van der Waals surface area contributed by atoms with E-state index < -0.39 is 0 Å². The summed E-state index contributed by atoms with van der Waals surface area (Å²) in [6.45, 7) is 4.60. The lowest BCUT2D eigenvalue weighted by Crippen LogP contribution is -2.56. The van der Waals surface area contributed by atoms with E-state index in [4.69, 9.17) is 10.6 Å². The monoisotopic (exact) mass is 270 g/mol. The van der Waals surface area contributed by atoms with Crippen LogP contribution in [0, 0.1) is 5.92 Å². The number of unbranched alkanes of at least 4 members (excludes halogenated alkanes) is 4. The maximum atomic E-state index is 5.92. The van der Waals surface area contributed by atoms with Gasteiger partial charge in [0.1, 0.15) is 0 Å². The van der Waals surface area contributed by atoms with Crippen LogP contribution >= 0.6 is 0 Å². The first-order valence-corrected chi connectivity index (χ1v) is 8.19. The Morgan fingerprint density at radius 2 is 1.84 bits per heavy atom. The number of hydrazine groups is 1. The minimum absolute atomic E-state index is 0.0218. The summed E-state index contributed by atoms with van der Waals surface area (Å²) in [5, 5.41) is 0. The van der Waals surface area contributed by atoms with Crippen molar-refractivity contribution in [3.63, 3.8) is 0 Å². The Kier molecular flexibility index (Phi) is 7.96. The van der Waals surface area contributed by atoms with Crippen molar-refractivity contribution in [1.29, 1.82) is 0 Å². The molecule has 0 amide bonds. The Labute approximate surface area is 119 Å². The highest BCUT2D eigenvalue weighted by atomic mass is 16.5. The fourth-order valence-corrected chi connectivity index (χ4v) is 3.40. The Hall–Kier alpha value is -0.120. The molecule has 0 spiro atoms. The van der Waals surface area contributed by atoms with Gasteiger partial charge in [-0.25, -0.2) is 0 Å². The Morgan fingerprint density at radius 3 is 2.37 bits per heavy atom. The maximum absolute atomic E-state index is 5.92. The largest absolute Gasteiger partial charge is 0.377 e. The zero-order chi connectivity index (χ0) is 14.1. The van der Waals surface area contributed by atoms with Crippen molar-refractivity contribution in [2.45, 2.75) is 89.7 Å². The van der Waals surface area contributed by atoms with Gasteiger partial charge in [-0.2, -0.15) is 0 Å². The lowest BCUT2D eigenvalue weighted by molar-refractivity contribution is -0.0769. The third kappa shape index (κ3) is 5.05. The van der Waals surface area contributed by atoms with E-state index in [0.717, 1.165) is 25.2 Å². The lowest BCUT2D eigenvalue weighted by Gasteiger charge is -2.44. The van der Waals surface area contributed by atoms with Crippen molar-refractivity contribution in [1.82, 2.24) is 5.43 Å². The average molecular weight is 270 g/mol. The first-order chi connectivity index (χ1) is 9.18. The van der Waals surface area contributed by atoms with Gasteiger partial charge in [0.25, 0.3) is 0 Å². The number of rotatable bonds is 9. The second-order valence-electron chi connectivity index (χ2n) is 6.37. The van der Waals surface area contributed by atoms with Gasteiger partial charge >= 0.3 is 0 Å². The normalized spacial score (nSPS) is 29.4. The Bertz CT molecular complexity index is 225. The van der Waals surface area contributed by atoms with E-state index in [0.29, 0.717) is 6.04 Å². The number of hydrogen-bond acceptors (Lipinski definition) is 3. The fourth-order valence-electron chi connectivity index (χ4n) is 3.40. The predicted molar refractivity (Wildman–Crippen MR) is 81.9 cm³/mol. The van der Waals surface area contributed by atoms with Crippen LogP contribution < -0.4 is 11.3 Å². The van der Waals surface area contributed by atoms with Crippen LogP contribution in [0.15, 0.2) is 0 Å². The highest BCUT2D eigenvalue weighted by Gasteiger charge is 2.40. The first kappa shape index (κ1) is 16.9. The van der Waals surface area contributed by atoms with Crippen molar-refractivity contribution in [2.75, 3.05) is 7.11 Å². The minimum Gasteiger partial charge on any atom is -0.377 e. The topological polar surface area (TPSA) is 47.3 Å². The molecule has 1 aliphatic carbocycles. The molecule has 3 nitrogen and oxygen atoms in total. The minimum atomic E-state index is -0.0218. The highest BCUT2D eigenvalue weighted by Crippen LogP contribution is 2.38. The summed E-state index contributed by atoms with van der Waals surface area (Å²) in [6.07, 6.45) is 12.6. The molecule has 0 aliphatic heterocycles. The molecule has 3 N–H and O–H groups in total. The number of methoxy groups -OCH3 is 1. The second kappa shape index (κ2) is 8.93. The molecule has 0 aromatic rings. The van der Waals surface area contributed by atoms with E-state index in [2.05, 4.69) is 19.3 Å². The smallest absolute Gasteiger partial charge is 0.0844 e. The van der Waals surface area contributed by atoms with Crippen LogP contribution in [0.1, 0.15) is 78.1 Å². The molecule has 1 fully saturated rings. The van der Waals surface area contributed by atoms with E-state index in [1.165, 1.54) is 44.9 Å². The van der Waals surface area contributed by atoms with Crippen molar-refractivity contribution in [3.05, 3.63) is 0 Å². The molecule has 0 heterocycles. The van der Waals surface area contributed by atoms with Crippen LogP contribution in [0.2, 0.25) is 0 Å². The standard InChI is InChI=1S/C16H34N2O/c1-4-5-6-7-8-9-15(18-17)16(19-3)12-10-14(2)11-13-16/h14-15,18H,4-13,17H2,1-3H3. The van der Waals surface area contributed by atoms with Gasteiger partial charge in [-0.15, -0.1) is 0 Å². The average Bonchev–Trinajstić information content (AvgIpc) is 2.44. The third-order valence-electron chi connectivity index (χ3n) is 4.96. The van der Waals surface area contributed by atoms with Gasteiger partial charge in [-0.1, -0.05) is 46.0 Å². The molecule has 0 aromatic heterocycles. The molecule has 1 saturated carbocycles. The summed E-state index contributed by atoms with van der Waals surface area (Å²) in [6, 6.07) is 0.312. The summed E-state index contributed by atoms with van der Waals surface area (Å²) >= 11 is 0. The third-order valence-corrected chi connectivity index (χ3v) is 4.96. The molecular formula is C16H34N2O. The van der Waals surface area contributed by atoms with Crippen LogP contribution in [-0.2, 0) is 4.74 Å². The van der Waals surface area contributed by atoms with Crippen LogP contribution in [0.3, 0.4) is 0 Å². The lowest BCUT2D eigenvalue weighted by atomic mass is 9.74. The van der Waals surface area contributed by atoms with Gasteiger partial charge in [0.2, 0.25) is 0 Å². The molecule has 1 atom stereocenters. The molecular weight excluding hydrogens is 236 g/mol. The number of ether oxygens (including phenoxy) is 1. The van der Waals surface area contributed by atoms with Crippen molar-refractivity contribution < 1.29 is 4.74 Å². The van der Waals surface area contributed by atoms with E-state index in [1.54, 1.807) is 0 Å². The van der Waals surface area contributed by atoms with E-state index in [-0.39, 0.29) is 5.60 Å². The van der Waals surface area contributed by atoms with Gasteiger partial charge in [-0.05, 0) is 38.0 Å². The van der Waals surface area contributed by atoms with Crippen LogP contribution in [0.5, 0.6) is 0 Å². The molecule has 0 radical (unpaired) electrons. The summed E-state index contributed by atoms with van der Waals surface area (Å²) < 4.78 is 5.92. The molecule has 0 saturated heterocycles. The van der Waals surface area contributed by atoms with Gasteiger partial charge in [-0.3, -0.25) is 11.3 Å². The molecule has 1 rings (SSSR count). The zero-order valence-electron chi connectivity index (χ0n) is 13.2. The molecule has 1 unspecified atom stereocenters. The summed E-state index contributed by atoms with van der Waals surface area (Å²) in [5.74, 6) is 6.65. The van der Waals surface area contributed by atoms with Gasteiger partial charge in [0.05, 0.1) is 11.6 Å². The second-order valence-corrected chi connectivity index (χ2v) is 6.37. The molecule has 19 heavy (non-hydrogen) atoms. The summed E-state index contributed by atoms with van der Waals surface area (Å²) in [4.78, 5) is 0. The fraction of sp³-hybridized carbons (Fsp3) is 1.00. The van der Waals surface area contributed by atoms with Gasteiger partial charge < -0.3 is 4.74 Å². The number of hydrogen-bond donors (Lipinski definition) is 2. The quantitative estimate of drug-likeness (QED) is 0.381. The Balaban J connectivity index is 2.41. The van der Waals surface area contributed by atoms with Crippen LogP contribution in [0.25, 0.3) is 0 Å². The number of nitrogens with two attached hydrogens (primary N) is 1. The number of nitrogens with one attached hydrogen (secondary N) is 1.